The average molecular weight is 457 g/mol. The minimum absolute atomic E-state index is 0. The molecule has 23 heavy (non-hydrogen) atoms. The molecule has 2 bridgehead atoms. The molecule has 2 aliphatic heterocycles. The van der Waals surface area contributed by atoms with Crippen LogP contribution in [-0.4, -0.2) is 30.7 Å². The third kappa shape index (κ3) is 3.32. The largest absolute Gasteiger partial charge is 1.00 e. The van der Waals surface area contributed by atoms with Gasteiger partial charge in [-0.1, -0.05) is 18.2 Å². The summed E-state index contributed by atoms with van der Waals surface area (Å²) in [7, 11) is 4.89. The zero-order valence-corrected chi connectivity index (χ0v) is 17.5. The van der Waals surface area contributed by atoms with Crippen LogP contribution in [0.15, 0.2) is 41.1 Å². The zero-order valence-electron chi connectivity index (χ0n) is 13.7. The van der Waals surface area contributed by atoms with Crippen molar-refractivity contribution in [3.63, 3.8) is 0 Å². The Labute approximate surface area is 164 Å². The fourth-order valence-electron chi connectivity index (χ4n) is 4.44. The third-order valence-corrected chi connectivity index (χ3v) is 7.65. The van der Waals surface area contributed by atoms with Gasteiger partial charge in [0.15, 0.2) is 0 Å². The van der Waals surface area contributed by atoms with Crippen molar-refractivity contribution in [3.05, 3.63) is 50.9 Å². The number of hydrogen-bond donors (Lipinski definition) is 0. The van der Waals surface area contributed by atoms with E-state index in [-0.39, 0.29) is 24.0 Å². The van der Waals surface area contributed by atoms with Gasteiger partial charge < -0.3 is 28.5 Å². The maximum absolute atomic E-state index is 2.60. The molecule has 2 aromatic heterocycles. The zero-order chi connectivity index (χ0) is 15.2. The minimum atomic E-state index is 0. The van der Waals surface area contributed by atoms with Crippen LogP contribution in [0.3, 0.4) is 0 Å². The lowest BCUT2D eigenvalue weighted by molar-refractivity contribution is -0.931. The van der Waals surface area contributed by atoms with Crippen LogP contribution in [0, 0.1) is 5.92 Å². The molecule has 1 unspecified atom stereocenters. The van der Waals surface area contributed by atoms with E-state index in [2.05, 4.69) is 55.2 Å². The molecule has 0 amide bonds. The SMILES string of the molecule is C[N+]1(C)[C@@H]2CC[C@H]1CC(C=C(c1cccs1)c1cccs1)C2.[I-]. The van der Waals surface area contributed by atoms with Crippen molar-refractivity contribution in [1.29, 1.82) is 0 Å². The van der Waals surface area contributed by atoms with Gasteiger partial charge in [-0.25, -0.2) is 0 Å². The van der Waals surface area contributed by atoms with Crippen molar-refractivity contribution >= 4 is 28.2 Å². The van der Waals surface area contributed by atoms with Gasteiger partial charge in [0, 0.05) is 41.0 Å². The maximum atomic E-state index is 2.60. The second kappa shape index (κ2) is 6.98. The van der Waals surface area contributed by atoms with Gasteiger partial charge in [-0.2, -0.15) is 0 Å². The second-order valence-corrected chi connectivity index (χ2v) is 9.18. The molecule has 0 spiro atoms. The molecule has 124 valence electrons. The topological polar surface area (TPSA) is 0 Å². The number of halogens is 1. The fraction of sp³-hybridized carbons (Fsp3) is 0.474. The number of quaternary nitrogens is 1. The first-order valence-electron chi connectivity index (χ1n) is 8.27. The predicted molar refractivity (Wildman–Crippen MR) is 97.4 cm³/mol. The van der Waals surface area contributed by atoms with E-state index in [1.54, 1.807) is 0 Å². The lowest BCUT2D eigenvalue weighted by atomic mass is 9.87. The highest BCUT2D eigenvalue weighted by atomic mass is 127. The van der Waals surface area contributed by atoms with E-state index in [0.29, 0.717) is 0 Å². The summed E-state index contributed by atoms with van der Waals surface area (Å²) < 4.78 is 1.26. The lowest BCUT2D eigenvalue weighted by Crippen LogP contribution is -3.00. The van der Waals surface area contributed by atoms with Crippen molar-refractivity contribution in [2.75, 3.05) is 14.1 Å². The summed E-state index contributed by atoms with van der Waals surface area (Å²) in [6.07, 6.45) is 8.18. The van der Waals surface area contributed by atoms with E-state index in [0.717, 1.165) is 18.0 Å². The van der Waals surface area contributed by atoms with Crippen LogP contribution in [0.1, 0.15) is 35.4 Å². The molecule has 0 N–H and O–H groups in total. The molecule has 2 saturated heterocycles. The predicted octanol–water partition coefficient (Wildman–Crippen LogP) is 2.26. The summed E-state index contributed by atoms with van der Waals surface area (Å²) in [4.78, 5) is 2.85. The molecular formula is C19H24INS2. The van der Waals surface area contributed by atoms with E-state index in [4.69, 9.17) is 0 Å². The van der Waals surface area contributed by atoms with Crippen LogP contribution in [0.5, 0.6) is 0 Å². The number of fused-ring (bicyclic) bond motifs is 2. The first-order chi connectivity index (χ1) is 10.6. The Morgan fingerprint density at radius 2 is 1.52 bits per heavy atom. The second-order valence-electron chi connectivity index (χ2n) is 7.28. The van der Waals surface area contributed by atoms with Gasteiger partial charge in [0.1, 0.15) is 0 Å². The van der Waals surface area contributed by atoms with Gasteiger partial charge in [0.25, 0.3) is 0 Å². The van der Waals surface area contributed by atoms with E-state index in [1.165, 1.54) is 45.5 Å². The van der Waals surface area contributed by atoms with Crippen LogP contribution in [0.2, 0.25) is 0 Å². The first-order valence-corrected chi connectivity index (χ1v) is 10.0. The summed E-state index contributed by atoms with van der Waals surface area (Å²) in [6.45, 7) is 0. The molecule has 0 aliphatic carbocycles. The van der Waals surface area contributed by atoms with Gasteiger partial charge in [0.2, 0.25) is 0 Å². The third-order valence-electron chi connectivity index (χ3n) is 5.84. The Morgan fingerprint density at radius 1 is 1.00 bits per heavy atom. The highest BCUT2D eigenvalue weighted by Crippen LogP contribution is 2.44. The molecule has 4 rings (SSSR count). The van der Waals surface area contributed by atoms with Gasteiger partial charge >= 0.3 is 0 Å². The molecule has 4 heteroatoms. The summed E-state index contributed by atoms with van der Waals surface area (Å²) in [5.41, 5.74) is 1.47. The van der Waals surface area contributed by atoms with E-state index in [9.17, 15) is 0 Å². The van der Waals surface area contributed by atoms with Crippen LogP contribution in [0.4, 0.5) is 0 Å². The Hall–Kier alpha value is -0.170. The van der Waals surface area contributed by atoms with Crippen LogP contribution >= 0.6 is 22.7 Å². The molecular weight excluding hydrogens is 433 g/mol. The smallest absolute Gasteiger partial charge is 0.0896 e. The number of thiophene rings is 2. The molecule has 0 saturated carbocycles. The fourth-order valence-corrected chi connectivity index (χ4v) is 6.04. The number of nitrogens with zero attached hydrogens (tertiary/aromatic N) is 1. The highest BCUT2D eigenvalue weighted by molar-refractivity contribution is 7.13. The van der Waals surface area contributed by atoms with E-state index in [1.807, 2.05) is 22.7 Å². The van der Waals surface area contributed by atoms with Crippen LogP contribution in [-0.2, 0) is 0 Å². The monoisotopic (exact) mass is 457 g/mol. The molecule has 4 heterocycles. The van der Waals surface area contributed by atoms with Gasteiger partial charge in [-0.15, -0.1) is 22.7 Å². The number of piperidine rings is 1. The van der Waals surface area contributed by atoms with Gasteiger partial charge in [0.05, 0.1) is 26.2 Å². The number of allylic oxidation sites excluding steroid dienone is 1. The molecule has 2 aromatic rings. The van der Waals surface area contributed by atoms with Crippen LogP contribution in [0.25, 0.3) is 5.57 Å². The summed E-state index contributed by atoms with van der Waals surface area (Å²) in [5.74, 6) is 0.753. The minimum Gasteiger partial charge on any atom is -1.00 e. The first kappa shape index (κ1) is 17.6. The maximum Gasteiger partial charge on any atom is 0.0896 e. The molecule has 1 nitrogen and oxygen atoms in total. The number of hydrogen-bond acceptors (Lipinski definition) is 2. The Bertz CT molecular complexity index is 605. The molecule has 0 aromatic carbocycles. The van der Waals surface area contributed by atoms with Crippen molar-refractivity contribution in [1.82, 2.24) is 0 Å². The lowest BCUT2D eigenvalue weighted by Gasteiger charge is -2.43. The quantitative estimate of drug-likeness (QED) is 0.490. The molecule has 2 fully saturated rings. The van der Waals surface area contributed by atoms with Crippen molar-refractivity contribution < 1.29 is 28.5 Å². The normalized spacial score (nSPS) is 28.2. The standard InChI is InChI=1S/C19H24NS2.HI/c1-20(2)15-7-8-16(20)12-14(11-15)13-17(18-5-3-9-21-18)19-6-4-10-22-19;/h3-6,9-10,13-16H,7-8,11-12H2,1-2H3;1H/q+1;/p-1/t14?,15-,16+;. The molecule has 0 radical (unpaired) electrons. The Morgan fingerprint density at radius 3 is 1.96 bits per heavy atom. The number of rotatable bonds is 3. The van der Waals surface area contributed by atoms with Crippen molar-refractivity contribution in [3.8, 4) is 0 Å². The van der Waals surface area contributed by atoms with Crippen LogP contribution < -0.4 is 24.0 Å². The summed E-state index contributed by atoms with van der Waals surface area (Å²) in [6, 6.07) is 10.6. The van der Waals surface area contributed by atoms with Gasteiger partial charge in [-0.05, 0) is 28.8 Å². The Balaban J connectivity index is 0.00000156. The highest BCUT2D eigenvalue weighted by Gasteiger charge is 2.48. The molecule has 2 aliphatic rings. The van der Waals surface area contributed by atoms with E-state index >= 15 is 0 Å². The van der Waals surface area contributed by atoms with Gasteiger partial charge in [-0.3, -0.25) is 0 Å². The molecule has 3 atom stereocenters. The van der Waals surface area contributed by atoms with Crippen molar-refractivity contribution in [2.24, 2.45) is 5.92 Å². The summed E-state index contributed by atoms with van der Waals surface area (Å²) in [5, 5.41) is 4.39. The summed E-state index contributed by atoms with van der Waals surface area (Å²) >= 11 is 3.74. The average Bonchev–Trinajstić information content (AvgIpc) is 3.19. The Kier molecular flexibility index (Phi) is 5.36. The van der Waals surface area contributed by atoms with Crippen molar-refractivity contribution in [2.45, 2.75) is 37.8 Å². The van der Waals surface area contributed by atoms with E-state index < -0.39 is 0 Å².